The first-order chi connectivity index (χ1) is 9.46. The predicted octanol–water partition coefficient (Wildman–Crippen LogP) is 1.73. The fraction of sp³-hybridized carbons (Fsp3) is 0.462. The Labute approximate surface area is 128 Å². The standard InChI is InChI=1S/C13H18FNO5.ClH/c1-4-20-13(17)11(14)12(15)10-8(18-2)5-7(16)6-9(10)19-3;/h5-6,11-12,16H,4,15H2,1-3H3;1H/t11?,12-;/m0./s1. The lowest BCUT2D eigenvalue weighted by molar-refractivity contribution is -0.149. The monoisotopic (exact) mass is 323 g/mol. The zero-order chi connectivity index (χ0) is 15.3. The molecule has 120 valence electrons. The number of phenolic OH excluding ortho intramolecular Hbond substituents is 1. The van der Waals surface area contributed by atoms with Gasteiger partial charge in [0.1, 0.15) is 17.2 Å². The lowest BCUT2D eigenvalue weighted by Crippen LogP contribution is -2.32. The highest BCUT2D eigenvalue weighted by Crippen LogP contribution is 2.38. The van der Waals surface area contributed by atoms with E-state index in [0.29, 0.717) is 0 Å². The van der Waals surface area contributed by atoms with Gasteiger partial charge in [0, 0.05) is 12.1 Å². The summed E-state index contributed by atoms with van der Waals surface area (Å²) in [5.41, 5.74) is 5.90. The maximum atomic E-state index is 14.0. The lowest BCUT2D eigenvalue weighted by Gasteiger charge is -2.21. The van der Waals surface area contributed by atoms with Crippen LogP contribution >= 0.6 is 12.4 Å². The summed E-state index contributed by atoms with van der Waals surface area (Å²) in [7, 11) is 2.67. The van der Waals surface area contributed by atoms with Crippen molar-refractivity contribution >= 4 is 18.4 Å². The molecule has 0 aliphatic heterocycles. The second kappa shape index (κ2) is 8.53. The summed E-state index contributed by atoms with van der Waals surface area (Å²) < 4.78 is 28.7. The molecule has 0 aliphatic carbocycles. The number of methoxy groups -OCH3 is 2. The van der Waals surface area contributed by atoms with Crippen LogP contribution in [0.5, 0.6) is 17.2 Å². The fourth-order valence-corrected chi connectivity index (χ4v) is 1.77. The average Bonchev–Trinajstić information content (AvgIpc) is 2.44. The Morgan fingerprint density at radius 2 is 1.81 bits per heavy atom. The molecule has 0 aromatic heterocycles. The van der Waals surface area contributed by atoms with Gasteiger partial charge in [-0.3, -0.25) is 0 Å². The molecule has 3 N–H and O–H groups in total. The first kappa shape index (κ1) is 19.3. The minimum absolute atomic E-state index is 0. The van der Waals surface area contributed by atoms with Gasteiger partial charge in [0.25, 0.3) is 0 Å². The molecule has 0 bridgehead atoms. The molecule has 0 saturated heterocycles. The van der Waals surface area contributed by atoms with E-state index >= 15 is 0 Å². The number of aromatic hydroxyl groups is 1. The van der Waals surface area contributed by atoms with Crippen LogP contribution in [0.4, 0.5) is 4.39 Å². The van der Waals surface area contributed by atoms with Crippen LogP contribution in [-0.4, -0.2) is 38.1 Å². The zero-order valence-corrected chi connectivity index (χ0v) is 12.8. The van der Waals surface area contributed by atoms with Crippen LogP contribution in [0.2, 0.25) is 0 Å². The SMILES string of the molecule is CCOC(=O)C(F)[C@@H](N)c1c(OC)cc(O)cc1OC.Cl. The average molecular weight is 324 g/mol. The van der Waals surface area contributed by atoms with Gasteiger partial charge in [-0.15, -0.1) is 12.4 Å². The van der Waals surface area contributed by atoms with Gasteiger partial charge in [-0.25, -0.2) is 9.18 Å². The Balaban J connectivity index is 0.00000400. The predicted molar refractivity (Wildman–Crippen MR) is 76.9 cm³/mol. The summed E-state index contributed by atoms with van der Waals surface area (Å²) in [5.74, 6) is -0.930. The van der Waals surface area contributed by atoms with Crippen molar-refractivity contribution in [3.63, 3.8) is 0 Å². The number of hydrogen-bond acceptors (Lipinski definition) is 6. The summed E-state index contributed by atoms with van der Waals surface area (Å²) in [6.07, 6.45) is -2.07. The van der Waals surface area contributed by atoms with Gasteiger partial charge in [-0.2, -0.15) is 0 Å². The van der Waals surface area contributed by atoms with E-state index in [-0.39, 0.29) is 41.8 Å². The normalized spacial score (nSPS) is 12.8. The minimum Gasteiger partial charge on any atom is -0.508 e. The summed E-state index contributed by atoms with van der Waals surface area (Å²) in [5, 5.41) is 9.51. The molecule has 1 unspecified atom stereocenters. The molecule has 0 saturated carbocycles. The number of ether oxygens (including phenoxy) is 3. The molecule has 1 aromatic carbocycles. The zero-order valence-electron chi connectivity index (χ0n) is 12.0. The highest BCUT2D eigenvalue weighted by atomic mass is 35.5. The number of esters is 1. The third kappa shape index (κ3) is 4.37. The maximum Gasteiger partial charge on any atom is 0.342 e. The number of benzene rings is 1. The van der Waals surface area contributed by atoms with E-state index in [1.807, 2.05) is 0 Å². The number of nitrogens with two attached hydrogens (primary N) is 1. The molecule has 0 heterocycles. The number of phenols is 1. The lowest BCUT2D eigenvalue weighted by atomic mass is 10.0. The van der Waals surface area contributed by atoms with Crippen molar-refractivity contribution in [2.45, 2.75) is 19.1 Å². The van der Waals surface area contributed by atoms with Crippen LogP contribution in [0, 0.1) is 0 Å². The first-order valence-corrected chi connectivity index (χ1v) is 5.97. The fourth-order valence-electron chi connectivity index (χ4n) is 1.77. The largest absolute Gasteiger partial charge is 0.508 e. The van der Waals surface area contributed by atoms with Gasteiger partial charge in [0.15, 0.2) is 0 Å². The summed E-state index contributed by atoms with van der Waals surface area (Å²) in [4.78, 5) is 11.4. The van der Waals surface area contributed by atoms with E-state index < -0.39 is 18.2 Å². The highest BCUT2D eigenvalue weighted by molar-refractivity contribution is 5.85. The molecule has 21 heavy (non-hydrogen) atoms. The summed E-state index contributed by atoms with van der Waals surface area (Å²) in [6.45, 7) is 1.62. The van der Waals surface area contributed by atoms with Crippen molar-refractivity contribution < 1.29 is 28.5 Å². The molecule has 8 heteroatoms. The number of hydrogen-bond donors (Lipinski definition) is 2. The molecular weight excluding hydrogens is 305 g/mol. The minimum atomic E-state index is -2.07. The van der Waals surface area contributed by atoms with Crippen molar-refractivity contribution in [1.82, 2.24) is 0 Å². The van der Waals surface area contributed by atoms with Gasteiger partial charge < -0.3 is 25.1 Å². The molecule has 1 aromatic rings. The number of rotatable bonds is 6. The van der Waals surface area contributed by atoms with Crippen LogP contribution in [-0.2, 0) is 9.53 Å². The van der Waals surface area contributed by atoms with Gasteiger partial charge >= 0.3 is 5.97 Å². The Kier molecular flexibility index (Phi) is 7.83. The molecule has 0 amide bonds. The van der Waals surface area contributed by atoms with Crippen molar-refractivity contribution in [3.8, 4) is 17.2 Å². The van der Waals surface area contributed by atoms with E-state index in [1.165, 1.54) is 26.4 Å². The smallest absolute Gasteiger partial charge is 0.342 e. The molecule has 0 fully saturated rings. The van der Waals surface area contributed by atoms with E-state index in [9.17, 15) is 14.3 Å². The quantitative estimate of drug-likeness (QED) is 0.775. The molecule has 1 rings (SSSR count). The second-order valence-electron chi connectivity index (χ2n) is 3.94. The van der Waals surface area contributed by atoms with E-state index in [0.717, 1.165) is 0 Å². The Morgan fingerprint density at radius 3 is 2.19 bits per heavy atom. The molecule has 0 aliphatic rings. The summed E-state index contributed by atoms with van der Waals surface area (Å²) >= 11 is 0. The number of carbonyl (C=O) groups excluding carboxylic acids is 1. The van der Waals surface area contributed by atoms with Crippen molar-refractivity contribution in [1.29, 1.82) is 0 Å². The van der Waals surface area contributed by atoms with Crippen LogP contribution in [0.1, 0.15) is 18.5 Å². The highest BCUT2D eigenvalue weighted by Gasteiger charge is 2.32. The van der Waals surface area contributed by atoms with Crippen LogP contribution in [0.15, 0.2) is 12.1 Å². The summed E-state index contributed by atoms with van der Waals surface area (Å²) in [6, 6.07) is 1.19. The van der Waals surface area contributed by atoms with Gasteiger partial charge in [-0.05, 0) is 6.92 Å². The van der Waals surface area contributed by atoms with Gasteiger partial charge in [0.2, 0.25) is 6.17 Å². The van der Waals surface area contributed by atoms with Crippen molar-refractivity contribution in [2.75, 3.05) is 20.8 Å². The van der Waals surface area contributed by atoms with Crippen molar-refractivity contribution in [2.24, 2.45) is 5.73 Å². The van der Waals surface area contributed by atoms with Gasteiger partial charge in [-0.1, -0.05) is 0 Å². The van der Waals surface area contributed by atoms with E-state index in [4.69, 9.17) is 15.2 Å². The van der Waals surface area contributed by atoms with Gasteiger partial charge in [0.05, 0.1) is 32.4 Å². The number of carbonyl (C=O) groups is 1. The molecule has 2 atom stereocenters. The third-order valence-electron chi connectivity index (χ3n) is 2.69. The van der Waals surface area contributed by atoms with Crippen LogP contribution in [0.3, 0.4) is 0 Å². The first-order valence-electron chi connectivity index (χ1n) is 5.97. The topological polar surface area (TPSA) is 91.0 Å². The number of halogens is 2. The Bertz CT molecular complexity index is 461. The van der Waals surface area contributed by atoms with E-state index in [2.05, 4.69) is 4.74 Å². The van der Waals surface area contributed by atoms with Crippen molar-refractivity contribution in [3.05, 3.63) is 17.7 Å². The third-order valence-corrected chi connectivity index (χ3v) is 2.69. The van der Waals surface area contributed by atoms with Crippen LogP contribution < -0.4 is 15.2 Å². The second-order valence-corrected chi connectivity index (χ2v) is 3.94. The molecular formula is C13H19ClFNO5. The Hall–Kier alpha value is -1.73. The van der Waals surface area contributed by atoms with E-state index in [1.54, 1.807) is 6.92 Å². The molecule has 0 spiro atoms. The maximum absolute atomic E-state index is 14.0. The molecule has 0 radical (unpaired) electrons. The van der Waals surface area contributed by atoms with Crippen LogP contribution in [0.25, 0.3) is 0 Å². The Morgan fingerprint density at radius 1 is 1.33 bits per heavy atom. The number of alkyl halides is 1. The molecule has 6 nitrogen and oxygen atoms in total.